The molecule has 1 unspecified atom stereocenters. The van der Waals surface area contributed by atoms with Gasteiger partial charge in [0.1, 0.15) is 0 Å². The van der Waals surface area contributed by atoms with Crippen molar-refractivity contribution in [2.45, 2.75) is 39.7 Å². The Morgan fingerprint density at radius 1 is 1.19 bits per heavy atom. The van der Waals surface area contributed by atoms with Gasteiger partial charge in [-0.05, 0) is 71.9 Å². The number of hydrogen-bond acceptors (Lipinski definition) is 3. The topological polar surface area (TPSA) is 37.8 Å². The van der Waals surface area contributed by atoms with Gasteiger partial charge in [0.2, 0.25) is 0 Å². The summed E-state index contributed by atoms with van der Waals surface area (Å²) >= 11 is 3.49. The van der Waals surface area contributed by atoms with Crippen LogP contribution in [0.1, 0.15) is 41.8 Å². The Morgan fingerprint density at radius 2 is 2.00 bits per heavy atom. The number of pyridine rings is 2. The highest BCUT2D eigenvalue weighted by molar-refractivity contribution is 9.10. The van der Waals surface area contributed by atoms with Gasteiger partial charge in [-0.2, -0.15) is 0 Å². The summed E-state index contributed by atoms with van der Waals surface area (Å²) < 4.78 is 1.02. The Labute approximate surface area is 135 Å². The highest BCUT2D eigenvalue weighted by Crippen LogP contribution is 2.21. The lowest BCUT2D eigenvalue weighted by molar-refractivity contribution is 0.514. The molecule has 0 aliphatic heterocycles. The standard InChI is InChI=1S/C17H22BrN3/c1-4-5-20-16(8-14-7-15(18)11-19-10-14)17-13(3)6-12(2)9-21-17/h6-7,9-11,16,20H,4-5,8H2,1-3H3. The smallest absolute Gasteiger partial charge is 0.0605 e. The largest absolute Gasteiger partial charge is 0.308 e. The van der Waals surface area contributed by atoms with Crippen LogP contribution in [0.4, 0.5) is 0 Å². The fourth-order valence-corrected chi connectivity index (χ4v) is 2.89. The summed E-state index contributed by atoms with van der Waals surface area (Å²) in [6.45, 7) is 7.38. The zero-order valence-corrected chi connectivity index (χ0v) is 14.4. The van der Waals surface area contributed by atoms with E-state index in [1.165, 1.54) is 16.7 Å². The summed E-state index contributed by atoms with van der Waals surface area (Å²) in [7, 11) is 0. The van der Waals surface area contributed by atoms with Crippen LogP contribution >= 0.6 is 15.9 Å². The maximum absolute atomic E-state index is 4.66. The first kappa shape index (κ1) is 16.1. The third-order valence-corrected chi connectivity index (χ3v) is 3.86. The van der Waals surface area contributed by atoms with Gasteiger partial charge >= 0.3 is 0 Å². The maximum atomic E-state index is 4.66. The SMILES string of the molecule is CCCNC(Cc1cncc(Br)c1)c1ncc(C)cc1C. The maximum Gasteiger partial charge on any atom is 0.0605 e. The van der Waals surface area contributed by atoms with Crippen LogP contribution in [0.5, 0.6) is 0 Å². The molecular formula is C17H22BrN3. The summed E-state index contributed by atoms with van der Waals surface area (Å²) in [4.78, 5) is 8.91. The Morgan fingerprint density at radius 3 is 2.67 bits per heavy atom. The summed E-state index contributed by atoms with van der Waals surface area (Å²) in [5.41, 5.74) is 4.79. The zero-order valence-electron chi connectivity index (χ0n) is 12.9. The number of aromatic nitrogens is 2. The third kappa shape index (κ3) is 4.61. The molecule has 0 fully saturated rings. The summed E-state index contributed by atoms with van der Waals surface area (Å²) in [5.74, 6) is 0. The van der Waals surface area contributed by atoms with Crippen LogP contribution in [0.2, 0.25) is 0 Å². The van der Waals surface area contributed by atoms with E-state index < -0.39 is 0 Å². The fraction of sp³-hybridized carbons (Fsp3) is 0.412. The molecule has 0 aliphatic carbocycles. The Bertz CT molecular complexity index is 598. The van der Waals surface area contributed by atoms with Gasteiger partial charge in [-0.25, -0.2) is 0 Å². The molecule has 2 aromatic rings. The van der Waals surface area contributed by atoms with Crippen LogP contribution < -0.4 is 5.32 Å². The molecule has 0 bridgehead atoms. The van der Waals surface area contributed by atoms with E-state index in [4.69, 9.17) is 0 Å². The van der Waals surface area contributed by atoms with E-state index in [2.05, 4.69) is 64.1 Å². The van der Waals surface area contributed by atoms with Crippen LogP contribution in [-0.4, -0.2) is 16.5 Å². The van der Waals surface area contributed by atoms with E-state index in [1.54, 1.807) is 0 Å². The number of nitrogens with zero attached hydrogens (tertiary/aromatic N) is 2. The summed E-state index contributed by atoms with van der Waals surface area (Å²) in [5, 5.41) is 3.61. The van der Waals surface area contributed by atoms with Crippen molar-refractivity contribution in [2.24, 2.45) is 0 Å². The molecule has 0 aromatic carbocycles. The first-order chi connectivity index (χ1) is 10.1. The lowest BCUT2D eigenvalue weighted by Gasteiger charge is -2.20. The van der Waals surface area contributed by atoms with Crippen molar-refractivity contribution >= 4 is 15.9 Å². The average molecular weight is 348 g/mol. The van der Waals surface area contributed by atoms with Gasteiger partial charge in [0.05, 0.1) is 11.7 Å². The van der Waals surface area contributed by atoms with E-state index >= 15 is 0 Å². The van der Waals surface area contributed by atoms with Crippen molar-refractivity contribution in [3.8, 4) is 0 Å². The quantitative estimate of drug-likeness (QED) is 0.853. The molecule has 0 amide bonds. The number of halogens is 1. The molecule has 2 aromatic heterocycles. The molecule has 0 saturated heterocycles. The highest BCUT2D eigenvalue weighted by atomic mass is 79.9. The van der Waals surface area contributed by atoms with Gasteiger partial charge < -0.3 is 5.32 Å². The Balaban J connectivity index is 2.25. The van der Waals surface area contributed by atoms with Crippen LogP contribution in [0.25, 0.3) is 0 Å². The van der Waals surface area contributed by atoms with Crippen molar-refractivity contribution in [3.05, 3.63) is 57.6 Å². The van der Waals surface area contributed by atoms with Crippen molar-refractivity contribution in [3.63, 3.8) is 0 Å². The normalized spacial score (nSPS) is 12.4. The second-order valence-corrected chi connectivity index (χ2v) is 6.35. The predicted octanol–water partition coefficient (Wildman–Crippen LogP) is 4.14. The van der Waals surface area contributed by atoms with Gasteiger partial charge in [-0.3, -0.25) is 9.97 Å². The molecule has 112 valence electrons. The van der Waals surface area contributed by atoms with Crippen LogP contribution in [0.15, 0.2) is 35.2 Å². The summed E-state index contributed by atoms with van der Waals surface area (Å²) in [6, 6.07) is 4.54. The van der Waals surface area contributed by atoms with Crippen LogP contribution in [0, 0.1) is 13.8 Å². The van der Waals surface area contributed by atoms with Crippen molar-refractivity contribution in [2.75, 3.05) is 6.54 Å². The van der Waals surface area contributed by atoms with Crippen molar-refractivity contribution in [1.29, 1.82) is 0 Å². The van der Waals surface area contributed by atoms with Crippen molar-refractivity contribution in [1.82, 2.24) is 15.3 Å². The van der Waals surface area contributed by atoms with Crippen LogP contribution in [0.3, 0.4) is 0 Å². The van der Waals surface area contributed by atoms with Gasteiger partial charge in [0.25, 0.3) is 0 Å². The molecule has 3 nitrogen and oxygen atoms in total. The minimum absolute atomic E-state index is 0.224. The molecule has 0 radical (unpaired) electrons. The molecule has 0 saturated carbocycles. The molecule has 2 rings (SSSR count). The zero-order chi connectivity index (χ0) is 15.2. The average Bonchev–Trinajstić information content (AvgIpc) is 2.44. The van der Waals surface area contributed by atoms with Gasteiger partial charge in [-0.15, -0.1) is 0 Å². The van der Waals surface area contributed by atoms with Crippen molar-refractivity contribution < 1.29 is 0 Å². The molecule has 2 heterocycles. The predicted molar refractivity (Wildman–Crippen MR) is 90.4 cm³/mol. The van der Waals surface area contributed by atoms with E-state index in [9.17, 15) is 0 Å². The minimum atomic E-state index is 0.224. The van der Waals surface area contributed by atoms with E-state index in [0.717, 1.165) is 29.6 Å². The monoisotopic (exact) mass is 347 g/mol. The fourth-order valence-electron chi connectivity index (χ4n) is 2.48. The highest BCUT2D eigenvalue weighted by Gasteiger charge is 2.16. The molecular weight excluding hydrogens is 326 g/mol. The van der Waals surface area contributed by atoms with Gasteiger partial charge in [0, 0.05) is 23.1 Å². The van der Waals surface area contributed by atoms with E-state index in [1.807, 2.05) is 18.6 Å². The molecule has 4 heteroatoms. The number of rotatable bonds is 6. The van der Waals surface area contributed by atoms with Gasteiger partial charge in [-0.1, -0.05) is 13.0 Å². The number of hydrogen-bond donors (Lipinski definition) is 1. The molecule has 1 N–H and O–H groups in total. The second kappa shape index (κ2) is 7.66. The molecule has 21 heavy (non-hydrogen) atoms. The number of nitrogens with one attached hydrogen (secondary N) is 1. The number of aryl methyl sites for hydroxylation is 2. The molecule has 0 spiro atoms. The first-order valence-electron chi connectivity index (χ1n) is 7.36. The lowest BCUT2D eigenvalue weighted by atomic mass is 10.00. The molecule has 1 atom stereocenters. The Kier molecular flexibility index (Phi) is 5.88. The van der Waals surface area contributed by atoms with E-state index in [0.29, 0.717) is 0 Å². The first-order valence-corrected chi connectivity index (χ1v) is 8.15. The van der Waals surface area contributed by atoms with Crippen LogP contribution in [-0.2, 0) is 6.42 Å². The Hall–Kier alpha value is -1.26. The lowest BCUT2D eigenvalue weighted by Crippen LogP contribution is -2.26. The second-order valence-electron chi connectivity index (χ2n) is 5.44. The third-order valence-electron chi connectivity index (χ3n) is 3.43. The van der Waals surface area contributed by atoms with E-state index in [-0.39, 0.29) is 6.04 Å². The van der Waals surface area contributed by atoms with Gasteiger partial charge in [0.15, 0.2) is 0 Å². The summed E-state index contributed by atoms with van der Waals surface area (Å²) in [6.07, 6.45) is 7.69. The molecule has 0 aliphatic rings. The minimum Gasteiger partial charge on any atom is -0.308 e.